The van der Waals surface area contributed by atoms with Crippen molar-refractivity contribution >= 4 is 30.0 Å². The SMILES string of the molecule is CC(C)(C)[Si](C)(C)OC(COS(C)(=O)=O)c1ccc(Cl)c(F)c1. The molecule has 1 unspecified atom stereocenters. The molecule has 4 nitrogen and oxygen atoms in total. The smallest absolute Gasteiger partial charge is 0.264 e. The van der Waals surface area contributed by atoms with Crippen molar-refractivity contribution in [1.29, 1.82) is 0 Å². The molecular weight excluding hydrogens is 359 g/mol. The maximum Gasteiger partial charge on any atom is 0.264 e. The van der Waals surface area contributed by atoms with E-state index in [2.05, 4.69) is 20.8 Å². The molecule has 0 aromatic heterocycles. The van der Waals surface area contributed by atoms with Gasteiger partial charge in [0.15, 0.2) is 8.32 Å². The van der Waals surface area contributed by atoms with Crippen molar-refractivity contribution in [2.45, 2.75) is 45.0 Å². The summed E-state index contributed by atoms with van der Waals surface area (Å²) >= 11 is 5.71. The lowest BCUT2D eigenvalue weighted by atomic mass is 10.1. The van der Waals surface area contributed by atoms with Crippen LogP contribution in [-0.4, -0.2) is 29.6 Å². The van der Waals surface area contributed by atoms with E-state index >= 15 is 0 Å². The highest BCUT2D eigenvalue weighted by molar-refractivity contribution is 7.85. The van der Waals surface area contributed by atoms with Crippen LogP contribution in [0.15, 0.2) is 18.2 Å². The van der Waals surface area contributed by atoms with Crippen molar-refractivity contribution in [2.75, 3.05) is 12.9 Å². The zero-order valence-electron chi connectivity index (χ0n) is 14.3. The monoisotopic (exact) mass is 382 g/mol. The molecule has 132 valence electrons. The highest BCUT2D eigenvalue weighted by Gasteiger charge is 2.39. The first-order chi connectivity index (χ1) is 10.2. The van der Waals surface area contributed by atoms with Gasteiger partial charge >= 0.3 is 0 Å². The average Bonchev–Trinajstić information content (AvgIpc) is 2.35. The topological polar surface area (TPSA) is 52.6 Å². The van der Waals surface area contributed by atoms with Crippen molar-refractivity contribution in [1.82, 2.24) is 0 Å². The molecule has 0 heterocycles. The van der Waals surface area contributed by atoms with Gasteiger partial charge in [0, 0.05) is 0 Å². The fourth-order valence-corrected chi connectivity index (χ4v) is 3.39. The van der Waals surface area contributed by atoms with E-state index in [0.717, 1.165) is 6.26 Å². The van der Waals surface area contributed by atoms with E-state index in [1.807, 2.05) is 13.1 Å². The summed E-state index contributed by atoms with van der Waals surface area (Å²) in [6.07, 6.45) is 0.288. The molecule has 0 aliphatic heterocycles. The summed E-state index contributed by atoms with van der Waals surface area (Å²) in [5.41, 5.74) is 0.500. The third kappa shape index (κ3) is 6.15. The Kier molecular flexibility index (Phi) is 6.43. The van der Waals surface area contributed by atoms with Crippen LogP contribution >= 0.6 is 11.6 Å². The molecule has 0 amide bonds. The van der Waals surface area contributed by atoms with E-state index < -0.39 is 30.4 Å². The highest BCUT2D eigenvalue weighted by Crippen LogP contribution is 2.40. The Morgan fingerprint density at radius 2 is 1.87 bits per heavy atom. The maximum absolute atomic E-state index is 13.7. The summed E-state index contributed by atoms with van der Waals surface area (Å²) in [5.74, 6) is -0.577. The Hall–Kier alpha value is -0.473. The van der Waals surface area contributed by atoms with Crippen LogP contribution in [0.2, 0.25) is 23.2 Å². The molecule has 0 bridgehead atoms. The van der Waals surface area contributed by atoms with Crippen LogP contribution in [0.5, 0.6) is 0 Å². The second kappa shape index (κ2) is 7.19. The lowest BCUT2D eigenvalue weighted by Crippen LogP contribution is -2.42. The normalized spacial score (nSPS) is 14.8. The summed E-state index contributed by atoms with van der Waals surface area (Å²) < 4.78 is 47.4. The quantitative estimate of drug-likeness (QED) is 0.536. The largest absolute Gasteiger partial charge is 0.408 e. The van der Waals surface area contributed by atoms with E-state index in [4.69, 9.17) is 20.2 Å². The van der Waals surface area contributed by atoms with E-state index in [-0.39, 0.29) is 16.7 Å². The van der Waals surface area contributed by atoms with Crippen LogP contribution in [0.4, 0.5) is 4.39 Å². The van der Waals surface area contributed by atoms with E-state index in [1.54, 1.807) is 6.07 Å². The van der Waals surface area contributed by atoms with Crippen LogP contribution in [0.1, 0.15) is 32.4 Å². The van der Waals surface area contributed by atoms with Gasteiger partial charge in [-0.2, -0.15) is 8.42 Å². The third-order valence-corrected chi connectivity index (χ3v) is 9.35. The molecule has 23 heavy (non-hydrogen) atoms. The third-order valence-electron chi connectivity index (χ3n) is 3.99. The average molecular weight is 383 g/mol. The van der Waals surface area contributed by atoms with Crippen molar-refractivity contribution in [2.24, 2.45) is 0 Å². The minimum Gasteiger partial charge on any atom is -0.408 e. The molecule has 1 atom stereocenters. The zero-order chi connectivity index (χ0) is 18.1. The van der Waals surface area contributed by atoms with Gasteiger partial charge in [-0.05, 0) is 35.8 Å². The summed E-state index contributed by atoms with van der Waals surface area (Å²) in [6.45, 7) is 10.1. The molecule has 1 rings (SSSR count). The second-order valence-corrected chi connectivity index (χ2v) is 13.8. The van der Waals surface area contributed by atoms with Gasteiger partial charge in [0.25, 0.3) is 10.1 Å². The predicted molar refractivity (Wildman–Crippen MR) is 93.2 cm³/mol. The Labute approximate surface area is 144 Å². The molecule has 0 spiro atoms. The Morgan fingerprint density at radius 1 is 1.30 bits per heavy atom. The fourth-order valence-electron chi connectivity index (χ4n) is 1.63. The number of benzene rings is 1. The minimum absolute atomic E-state index is 0.00357. The summed E-state index contributed by atoms with van der Waals surface area (Å²) in [7, 11) is -5.83. The molecule has 8 heteroatoms. The van der Waals surface area contributed by atoms with Crippen molar-refractivity contribution < 1.29 is 21.4 Å². The van der Waals surface area contributed by atoms with Gasteiger partial charge in [0.1, 0.15) is 5.82 Å². The standard InChI is InChI=1S/C15H24ClFO4SSi/c1-15(2,3)23(5,6)21-14(10-20-22(4,18)19)11-7-8-12(16)13(17)9-11/h7-9,14H,10H2,1-6H3. The molecule has 0 N–H and O–H groups in total. The first-order valence-corrected chi connectivity index (χ1v) is 12.3. The first-order valence-electron chi connectivity index (χ1n) is 7.20. The van der Waals surface area contributed by atoms with E-state index in [9.17, 15) is 12.8 Å². The highest BCUT2D eigenvalue weighted by atomic mass is 35.5. The van der Waals surface area contributed by atoms with Gasteiger partial charge in [-0.1, -0.05) is 38.4 Å². The van der Waals surface area contributed by atoms with Crippen LogP contribution in [0.3, 0.4) is 0 Å². The molecule has 1 aromatic carbocycles. The minimum atomic E-state index is -3.62. The van der Waals surface area contributed by atoms with Crippen molar-refractivity contribution in [3.05, 3.63) is 34.6 Å². The number of hydrogen-bond donors (Lipinski definition) is 0. The summed E-state index contributed by atoms with van der Waals surface area (Å²) in [6, 6.07) is 4.30. The molecule has 0 aliphatic carbocycles. The van der Waals surface area contributed by atoms with E-state index in [1.165, 1.54) is 12.1 Å². The molecule has 0 aliphatic rings. The van der Waals surface area contributed by atoms with Gasteiger partial charge in [-0.25, -0.2) is 4.39 Å². The van der Waals surface area contributed by atoms with Crippen LogP contribution < -0.4 is 0 Å². The molecular formula is C15H24ClFO4SSi. The lowest BCUT2D eigenvalue weighted by molar-refractivity contribution is 0.119. The van der Waals surface area contributed by atoms with E-state index in [0.29, 0.717) is 5.56 Å². The molecule has 0 radical (unpaired) electrons. The van der Waals surface area contributed by atoms with Gasteiger partial charge in [-0.15, -0.1) is 0 Å². The van der Waals surface area contributed by atoms with Crippen LogP contribution in [-0.2, 0) is 18.7 Å². The molecule has 0 fully saturated rings. The summed E-state index contributed by atoms with van der Waals surface area (Å²) in [5, 5.41) is -0.0785. The predicted octanol–water partition coefficient (Wildman–Crippen LogP) is 4.52. The van der Waals surface area contributed by atoms with Crippen LogP contribution in [0, 0.1) is 5.82 Å². The lowest BCUT2D eigenvalue weighted by Gasteiger charge is -2.39. The van der Waals surface area contributed by atoms with Crippen molar-refractivity contribution in [3.8, 4) is 0 Å². The second-order valence-electron chi connectivity index (χ2n) is 7.03. The number of rotatable bonds is 6. The van der Waals surface area contributed by atoms with Gasteiger partial charge in [0.05, 0.1) is 24.0 Å². The maximum atomic E-state index is 13.7. The Morgan fingerprint density at radius 3 is 2.30 bits per heavy atom. The fraction of sp³-hybridized carbons (Fsp3) is 0.600. The Balaban J connectivity index is 3.13. The molecule has 0 saturated heterocycles. The molecule has 0 saturated carbocycles. The van der Waals surface area contributed by atoms with Gasteiger partial charge in [0.2, 0.25) is 0 Å². The molecule has 1 aromatic rings. The van der Waals surface area contributed by atoms with Gasteiger partial charge < -0.3 is 4.43 Å². The van der Waals surface area contributed by atoms with Crippen LogP contribution in [0.25, 0.3) is 0 Å². The Bertz CT molecular complexity index is 656. The summed E-state index contributed by atoms with van der Waals surface area (Å²) in [4.78, 5) is 0. The van der Waals surface area contributed by atoms with Crippen molar-refractivity contribution in [3.63, 3.8) is 0 Å². The zero-order valence-corrected chi connectivity index (χ0v) is 16.9. The number of hydrogen-bond acceptors (Lipinski definition) is 4. The first kappa shape index (κ1) is 20.6. The van der Waals surface area contributed by atoms with Gasteiger partial charge in [-0.3, -0.25) is 4.18 Å². The number of halogens is 2.